The van der Waals surface area contributed by atoms with Gasteiger partial charge in [-0.1, -0.05) is 0 Å². The van der Waals surface area contributed by atoms with Crippen molar-refractivity contribution in [3.05, 3.63) is 58.3 Å². The van der Waals surface area contributed by atoms with Gasteiger partial charge in [0.15, 0.2) is 0 Å². The van der Waals surface area contributed by atoms with Crippen molar-refractivity contribution >= 4 is 5.97 Å². The van der Waals surface area contributed by atoms with E-state index in [0.717, 1.165) is 11.3 Å². The van der Waals surface area contributed by atoms with Gasteiger partial charge in [-0.05, 0) is 79.8 Å². The molecule has 0 atom stereocenters. The predicted molar refractivity (Wildman–Crippen MR) is 113 cm³/mol. The third kappa shape index (κ3) is 3.59. The molecule has 0 bridgehead atoms. The molecule has 2 aromatic carbocycles. The third-order valence-corrected chi connectivity index (χ3v) is 5.86. The van der Waals surface area contributed by atoms with E-state index in [0.29, 0.717) is 52.0 Å². The summed E-state index contributed by atoms with van der Waals surface area (Å²) in [5.74, 6) is -0.640. The zero-order valence-corrected chi connectivity index (χ0v) is 18.1. The summed E-state index contributed by atoms with van der Waals surface area (Å²) in [7, 11) is 1.29. The first-order chi connectivity index (χ1) is 15.0. The number of hydrogen-bond donors (Lipinski definition) is 1. The number of carbonyl (C=O) groups is 1. The Kier molecular flexibility index (Phi) is 5.19. The number of aryl methyl sites for hydroxylation is 3. The maximum atomic E-state index is 12.9. The maximum absolute atomic E-state index is 12.9. The second-order valence-electron chi connectivity index (χ2n) is 7.90. The number of halogens is 3. The summed E-state index contributed by atoms with van der Waals surface area (Å²) < 4.78 is 49.1. The van der Waals surface area contributed by atoms with Crippen LogP contribution in [0.25, 0.3) is 22.4 Å². The average Bonchev–Trinajstić information content (AvgIpc) is 3.02. The Balaban J connectivity index is 1.96. The monoisotopic (exact) mass is 445 g/mol. The normalized spacial score (nSPS) is 12.8. The number of rotatable bonds is 3. The first-order valence-corrected chi connectivity index (χ1v) is 10.0. The smallest absolute Gasteiger partial charge is 0.507 e. The molecule has 8 heteroatoms. The molecule has 4 rings (SSSR count). The van der Waals surface area contributed by atoms with Crippen molar-refractivity contribution in [2.24, 2.45) is 0 Å². The Morgan fingerprint density at radius 2 is 1.75 bits per heavy atom. The van der Waals surface area contributed by atoms with E-state index in [2.05, 4.69) is 4.74 Å². The van der Waals surface area contributed by atoms with Gasteiger partial charge in [0.05, 0.1) is 18.4 Å². The highest BCUT2D eigenvalue weighted by Gasteiger charge is 2.34. The van der Waals surface area contributed by atoms with E-state index in [9.17, 15) is 23.1 Å². The Labute approximate surface area is 183 Å². The van der Waals surface area contributed by atoms with Crippen molar-refractivity contribution < 1.29 is 32.5 Å². The molecule has 3 aromatic rings. The first kappa shape index (κ1) is 21.8. The highest BCUT2D eigenvalue weighted by atomic mass is 19.4. The van der Waals surface area contributed by atoms with Crippen molar-refractivity contribution in [1.82, 2.24) is 4.57 Å². The summed E-state index contributed by atoms with van der Waals surface area (Å²) >= 11 is 0. The Morgan fingerprint density at radius 1 is 1.09 bits per heavy atom. The molecule has 0 unspecified atom stereocenters. The van der Waals surface area contributed by atoms with Gasteiger partial charge in [0.1, 0.15) is 11.5 Å². The first-order valence-electron chi connectivity index (χ1n) is 10.0. The van der Waals surface area contributed by atoms with Crippen molar-refractivity contribution in [3.8, 4) is 33.9 Å². The van der Waals surface area contributed by atoms with Crippen LogP contribution in [0.4, 0.5) is 13.2 Å². The lowest BCUT2D eigenvalue weighted by atomic mass is 9.92. The molecule has 0 radical (unpaired) electrons. The fourth-order valence-electron chi connectivity index (χ4n) is 4.49. The van der Waals surface area contributed by atoms with Crippen molar-refractivity contribution in [3.63, 3.8) is 0 Å². The minimum Gasteiger partial charge on any atom is -0.507 e. The lowest BCUT2D eigenvalue weighted by molar-refractivity contribution is -0.274. The molecule has 0 aliphatic carbocycles. The summed E-state index contributed by atoms with van der Waals surface area (Å²) in [4.78, 5) is 12.9. The lowest BCUT2D eigenvalue weighted by Gasteiger charge is -2.22. The second-order valence-corrected chi connectivity index (χ2v) is 7.90. The summed E-state index contributed by atoms with van der Waals surface area (Å²) in [6.07, 6.45) is -4.29. The maximum Gasteiger partial charge on any atom is 0.573 e. The fourth-order valence-corrected chi connectivity index (χ4v) is 4.49. The third-order valence-electron chi connectivity index (χ3n) is 5.86. The molecule has 0 saturated heterocycles. The molecular formula is C24H22F3NO4. The van der Waals surface area contributed by atoms with Crippen molar-refractivity contribution in [2.75, 3.05) is 7.11 Å². The number of phenols is 1. The standard InChI is InChI=1S/C24H22F3NO4/c1-12-9-16(10-13(2)22(12)29)19-14(3)28-8-7-15-11-17(32-24(25,26)27)5-6-18(15)21(28)20(19)23(30)31-4/h5-6,9-11,29H,7-8H2,1-4H3. The van der Waals surface area contributed by atoms with Crippen LogP contribution in [0.2, 0.25) is 0 Å². The molecule has 2 heterocycles. The van der Waals surface area contributed by atoms with E-state index in [4.69, 9.17) is 4.74 Å². The Morgan fingerprint density at radius 3 is 2.34 bits per heavy atom. The molecule has 168 valence electrons. The summed E-state index contributed by atoms with van der Waals surface area (Å²) in [5.41, 5.74) is 5.90. The molecule has 0 fully saturated rings. The van der Waals surface area contributed by atoms with Crippen LogP contribution < -0.4 is 4.74 Å². The van der Waals surface area contributed by atoms with Crippen LogP contribution in [0.1, 0.15) is 32.7 Å². The molecule has 0 saturated carbocycles. The molecule has 0 spiro atoms. The van der Waals surface area contributed by atoms with E-state index in [-0.39, 0.29) is 11.5 Å². The molecule has 0 amide bonds. The number of phenolic OH excluding ortho intramolecular Hbond substituents is 1. The van der Waals surface area contributed by atoms with E-state index in [1.165, 1.54) is 19.2 Å². The number of fused-ring (bicyclic) bond motifs is 3. The van der Waals surface area contributed by atoms with Gasteiger partial charge in [-0.15, -0.1) is 13.2 Å². The number of nitrogens with zero attached hydrogens (tertiary/aromatic N) is 1. The van der Waals surface area contributed by atoms with Gasteiger partial charge in [-0.3, -0.25) is 0 Å². The zero-order valence-electron chi connectivity index (χ0n) is 18.1. The topological polar surface area (TPSA) is 60.7 Å². The van der Waals surface area contributed by atoms with Crippen molar-refractivity contribution in [1.29, 1.82) is 0 Å². The summed E-state index contributed by atoms with van der Waals surface area (Å²) in [6.45, 7) is 5.96. The molecule has 5 nitrogen and oxygen atoms in total. The Hall–Kier alpha value is -3.42. The summed E-state index contributed by atoms with van der Waals surface area (Å²) in [6, 6.07) is 7.78. The lowest BCUT2D eigenvalue weighted by Crippen LogP contribution is -2.18. The van der Waals surface area contributed by atoms with Crippen LogP contribution in [-0.2, 0) is 17.7 Å². The number of carbonyl (C=O) groups excluding carboxylic acids is 1. The predicted octanol–water partition coefficient (Wildman–Crippen LogP) is 5.69. The van der Waals surface area contributed by atoms with Crippen LogP contribution in [-0.4, -0.2) is 29.1 Å². The van der Waals surface area contributed by atoms with Crippen LogP contribution in [0.15, 0.2) is 30.3 Å². The van der Waals surface area contributed by atoms with Gasteiger partial charge < -0.3 is 19.1 Å². The van der Waals surface area contributed by atoms with Gasteiger partial charge >= 0.3 is 12.3 Å². The molecule has 32 heavy (non-hydrogen) atoms. The number of aromatic hydroxyl groups is 1. The molecular weight excluding hydrogens is 423 g/mol. The highest BCUT2D eigenvalue weighted by molar-refractivity contribution is 6.05. The minimum atomic E-state index is -4.78. The quantitative estimate of drug-likeness (QED) is 0.526. The molecule has 1 aliphatic heterocycles. The van der Waals surface area contributed by atoms with E-state index < -0.39 is 12.3 Å². The van der Waals surface area contributed by atoms with Crippen LogP contribution >= 0.6 is 0 Å². The number of benzene rings is 2. The van der Waals surface area contributed by atoms with Crippen LogP contribution in [0.5, 0.6) is 11.5 Å². The number of esters is 1. The van der Waals surface area contributed by atoms with Gasteiger partial charge in [-0.25, -0.2) is 4.79 Å². The number of hydrogen-bond acceptors (Lipinski definition) is 4. The van der Waals surface area contributed by atoms with E-state index >= 15 is 0 Å². The number of alkyl halides is 3. The fraction of sp³-hybridized carbons (Fsp3) is 0.292. The van der Waals surface area contributed by atoms with Gasteiger partial charge in [0.25, 0.3) is 0 Å². The molecule has 1 aromatic heterocycles. The zero-order chi connectivity index (χ0) is 23.4. The van der Waals surface area contributed by atoms with Crippen molar-refractivity contribution in [2.45, 2.75) is 40.1 Å². The summed E-state index contributed by atoms with van der Waals surface area (Å²) in [5, 5.41) is 10.2. The van der Waals surface area contributed by atoms with E-state index in [1.807, 2.05) is 23.6 Å². The molecule has 1 aliphatic rings. The number of aromatic nitrogens is 1. The van der Waals surface area contributed by atoms with Crippen LogP contribution in [0.3, 0.4) is 0 Å². The van der Waals surface area contributed by atoms with Gasteiger partial charge in [0.2, 0.25) is 0 Å². The number of ether oxygens (including phenoxy) is 2. The van der Waals surface area contributed by atoms with Gasteiger partial charge in [-0.2, -0.15) is 0 Å². The SMILES string of the molecule is COC(=O)c1c(-c2cc(C)c(O)c(C)c2)c(C)n2c1-c1ccc(OC(F)(F)F)cc1CC2. The largest absolute Gasteiger partial charge is 0.573 e. The Bertz CT molecular complexity index is 1220. The van der Waals surface area contributed by atoms with Crippen LogP contribution in [0, 0.1) is 20.8 Å². The molecule has 1 N–H and O–H groups in total. The minimum absolute atomic E-state index is 0.192. The average molecular weight is 445 g/mol. The van der Waals surface area contributed by atoms with Gasteiger partial charge in [0, 0.05) is 23.4 Å². The second kappa shape index (κ2) is 7.62. The number of methoxy groups -OCH3 is 1. The highest BCUT2D eigenvalue weighted by Crippen LogP contribution is 2.44. The van der Waals surface area contributed by atoms with E-state index in [1.54, 1.807) is 19.9 Å².